The van der Waals surface area contributed by atoms with Crippen LogP contribution in [-0.2, 0) is 0 Å². The quantitative estimate of drug-likeness (QED) is 0.467. The van der Waals surface area contributed by atoms with E-state index in [9.17, 15) is 0 Å². The molecule has 0 aromatic carbocycles. The average molecular weight is 172 g/mol. The van der Waals surface area contributed by atoms with Crippen LogP contribution in [-0.4, -0.2) is 31.7 Å². The first-order valence-corrected chi connectivity index (χ1v) is 5.13. The highest BCUT2D eigenvalue weighted by molar-refractivity contribution is 4.61. The van der Waals surface area contributed by atoms with Gasteiger partial charge in [0.05, 0.1) is 6.17 Å². The third-order valence-corrected chi connectivity index (χ3v) is 2.37. The second-order valence-electron chi connectivity index (χ2n) is 3.40. The van der Waals surface area contributed by atoms with Gasteiger partial charge in [-0.3, -0.25) is 4.90 Å². The zero-order valence-corrected chi connectivity index (χ0v) is 9.06. The fraction of sp³-hybridized carbons (Fsp3) is 1.00. The lowest BCUT2D eigenvalue weighted by Crippen LogP contribution is -2.41. The van der Waals surface area contributed by atoms with Gasteiger partial charge in [0, 0.05) is 0 Å². The highest BCUT2D eigenvalue weighted by atomic mass is 15.2. The topological polar surface area (TPSA) is 15.3 Å². The van der Waals surface area contributed by atoms with Crippen molar-refractivity contribution in [1.29, 1.82) is 0 Å². The fourth-order valence-corrected chi connectivity index (χ4v) is 1.50. The smallest absolute Gasteiger partial charge is 0.0589 e. The van der Waals surface area contributed by atoms with Gasteiger partial charge in [-0.05, 0) is 33.5 Å². The monoisotopic (exact) mass is 172 g/mol. The molecular formula is C10H24N2. The predicted molar refractivity (Wildman–Crippen MR) is 55.3 cm³/mol. The minimum absolute atomic E-state index is 0.557. The molecule has 0 aliphatic carbocycles. The molecular weight excluding hydrogens is 148 g/mol. The van der Waals surface area contributed by atoms with Crippen LogP contribution in [0.2, 0.25) is 0 Å². The van der Waals surface area contributed by atoms with Gasteiger partial charge in [0.1, 0.15) is 0 Å². The van der Waals surface area contributed by atoms with Gasteiger partial charge in [-0.15, -0.1) is 0 Å². The zero-order valence-electron chi connectivity index (χ0n) is 9.06. The van der Waals surface area contributed by atoms with E-state index in [2.05, 4.69) is 31.1 Å². The first-order valence-electron chi connectivity index (χ1n) is 5.13. The second-order valence-corrected chi connectivity index (χ2v) is 3.40. The summed E-state index contributed by atoms with van der Waals surface area (Å²) in [5, 5.41) is 3.30. The lowest BCUT2D eigenvalue weighted by atomic mass is 10.2. The highest BCUT2D eigenvalue weighted by Gasteiger charge is 2.07. The first kappa shape index (κ1) is 11.9. The van der Waals surface area contributed by atoms with Crippen molar-refractivity contribution in [2.75, 3.05) is 20.6 Å². The summed E-state index contributed by atoms with van der Waals surface area (Å²) in [6.45, 7) is 5.68. The molecule has 0 unspecified atom stereocenters. The molecule has 2 heteroatoms. The van der Waals surface area contributed by atoms with E-state index in [1.165, 1.54) is 32.2 Å². The normalized spacial score (nSPS) is 13.8. The van der Waals surface area contributed by atoms with Crippen LogP contribution < -0.4 is 5.32 Å². The summed E-state index contributed by atoms with van der Waals surface area (Å²) in [7, 11) is 4.23. The summed E-state index contributed by atoms with van der Waals surface area (Å²) in [4.78, 5) is 2.40. The van der Waals surface area contributed by atoms with Crippen molar-refractivity contribution in [2.24, 2.45) is 0 Å². The minimum atomic E-state index is 0.557. The Hall–Kier alpha value is -0.0800. The predicted octanol–water partition coefficient (Wildman–Crippen LogP) is 2.06. The van der Waals surface area contributed by atoms with E-state index in [1.54, 1.807) is 0 Å². The van der Waals surface area contributed by atoms with Crippen molar-refractivity contribution in [3.05, 3.63) is 0 Å². The molecule has 0 radical (unpaired) electrons. The Bertz CT molecular complexity index is 89.8. The third kappa shape index (κ3) is 4.73. The summed E-state index contributed by atoms with van der Waals surface area (Å²) in [5.74, 6) is 0. The maximum atomic E-state index is 3.30. The number of hydrogen-bond donors (Lipinski definition) is 1. The SMILES string of the molecule is CCCCCN(C)[C@@H](CC)NC. The van der Waals surface area contributed by atoms with Crippen molar-refractivity contribution in [3.63, 3.8) is 0 Å². The molecule has 0 aliphatic heterocycles. The summed E-state index contributed by atoms with van der Waals surface area (Å²) in [6, 6.07) is 0. The van der Waals surface area contributed by atoms with Gasteiger partial charge < -0.3 is 5.32 Å². The molecule has 0 bridgehead atoms. The van der Waals surface area contributed by atoms with Crippen LogP contribution in [0.25, 0.3) is 0 Å². The molecule has 0 fully saturated rings. The number of hydrogen-bond acceptors (Lipinski definition) is 2. The Morgan fingerprint density at radius 2 is 1.92 bits per heavy atom. The van der Waals surface area contributed by atoms with E-state index in [-0.39, 0.29) is 0 Å². The van der Waals surface area contributed by atoms with Crippen LogP contribution >= 0.6 is 0 Å². The van der Waals surface area contributed by atoms with Crippen molar-refractivity contribution < 1.29 is 0 Å². The molecule has 0 saturated carbocycles. The number of nitrogens with zero attached hydrogens (tertiary/aromatic N) is 1. The standard InChI is InChI=1S/C10H24N2/c1-5-7-8-9-12(4)10(6-2)11-3/h10-11H,5-9H2,1-4H3/t10-/m0/s1. The van der Waals surface area contributed by atoms with Crippen LogP contribution in [0.4, 0.5) is 0 Å². The van der Waals surface area contributed by atoms with E-state index >= 15 is 0 Å². The van der Waals surface area contributed by atoms with Crippen LogP contribution in [0.5, 0.6) is 0 Å². The number of unbranched alkanes of at least 4 members (excludes halogenated alkanes) is 2. The molecule has 0 amide bonds. The maximum Gasteiger partial charge on any atom is 0.0589 e. The van der Waals surface area contributed by atoms with E-state index in [0.717, 1.165) is 0 Å². The van der Waals surface area contributed by atoms with Gasteiger partial charge in [-0.25, -0.2) is 0 Å². The summed E-state index contributed by atoms with van der Waals surface area (Å²) >= 11 is 0. The Balaban J connectivity index is 3.47. The maximum absolute atomic E-state index is 3.30. The lowest BCUT2D eigenvalue weighted by molar-refractivity contribution is 0.204. The van der Waals surface area contributed by atoms with Crippen LogP contribution in [0.1, 0.15) is 39.5 Å². The van der Waals surface area contributed by atoms with Gasteiger partial charge >= 0.3 is 0 Å². The number of nitrogens with one attached hydrogen (secondary N) is 1. The summed E-state index contributed by atoms with van der Waals surface area (Å²) in [5.41, 5.74) is 0. The Kier molecular flexibility index (Phi) is 7.51. The van der Waals surface area contributed by atoms with Crippen molar-refractivity contribution >= 4 is 0 Å². The van der Waals surface area contributed by atoms with Crippen molar-refractivity contribution in [3.8, 4) is 0 Å². The Morgan fingerprint density at radius 1 is 1.25 bits per heavy atom. The molecule has 0 rings (SSSR count). The molecule has 0 aliphatic rings. The van der Waals surface area contributed by atoms with Crippen LogP contribution in [0.3, 0.4) is 0 Å². The van der Waals surface area contributed by atoms with E-state index in [1.807, 2.05) is 7.05 Å². The molecule has 12 heavy (non-hydrogen) atoms. The van der Waals surface area contributed by atoms with E-state index in [0.29, 0.717) is 6.17 Å². The molecule has 0 aromatic heterocycles. The largest absolute Gasteiger partial charge is 0.305 e. The van der Waals surface area contributed by atoms with Gasteiger partial charge in [0.15, 0.2) is 0 Å². The van der Waals surface area contributed by atoms with Gasteiger partial charge in [-0.1, -0.05) is 26.7 Å². The molecule has 0 heterocycles. The minimum Gasteiger partial charge on any atom is -0.305 e. The lowest BCUT2D eigenvalue weighted by Gasteiger charge is -2.26. The molecule has 0 saturated heterocycles. The van der Waals surface area contributed by atoms with E-state index in [4.69, 9.17) is 0 Å². The van der Waals surface area contributed by atoms with Gasteiger partial charge in [0.2, 0.25) is 0 Å². The van der Waals surface area contributed by atoms with Crippen LogP contribution in [0, 0.1) is 0 Å². The Labute approximate surface area is 77.3 Å². The zero-order chi connectivity index (χ0) is 9.40. The molecule has 2 nitrogen and oxygen atoms in total. The first-order chi connectivity index (χ1) is 5.76. The molecule has 0 aromatic rings. The van der Waals surface area contributed by atoms with Gasteiger partial charge in [-0.2, -0.15) is 0 Å². The molecule has 0 spiro atoms. The van der Waals surface area contributed by atoms with Crippen molar-refractivity contribution in [1.82, 2.24) is 10.2 Å². The van der Waals surface area contributed by atoms with E-state index < -0.39 is 0 Å². The number of rotatable bonds is 7. The third-order valence-electron chi connectivity index (χ3n) is 2.37. The average Bonchev–Trinajstić information content (AvgIpc) is 2.07. The summed E-state index contributed by atoms with van der Waals surface area (Å²) in [6.07, 6.45) is 5.72. The van der Waals surface area contributed by atoms with Gasteiger partial charge in [0.25, 0.3) is 0 Å². The highest BCUT2D eigenvalue weighted by Crippen LogP contribution is 2.01. The molecule has 1 atom stereocenters. The fourth-order valence-electron chi connectivity index (χ4n) is 1.50. The summed E-state index contributed by atoms with van der Waals surface area (Å²) < 4.78 is 0. The molecule has 1 N–H and O–H groups in total. The van der Waals surface area contributed by atoms with Crippen molar-refractivity contribution in [2.45, 2.75) is 45.7 Å². The van der Waals surface area contributed by atoms with Crippen LogP contribution in [0.15, 0.2) is 0 Å². The Morgan fingerprint density at radius 3 is 2.33 bits per heavy atom. The molecule has 74 valence electrons. The second kappa shape index (κ2) is 7.56.